The number of hydrogen-bond acceptors (Lipinski definition) is 1. The summed E-state index contributed by atoms with van der Waals surface area (Å²) in [5, 5.41) is 0. The molecule has 0 radical (unpaired) electrons. The average molecular weight is 304 g/mol. The molecule has 0 aliphatic heterocycles. The van der Waals surface area contributed by atoms with E-state index in [1.807, 2.05) is 0 Å². The number of nitrogens with zero attached hydrogens (tertiary/aromatic N) is 1. The second-order valence-corrected chi connectivity index (χ2v) is 8.36. The van der Waals surface area contributed by atoms with E-state index in [9.17, 15) is 0 Å². The topological polar surface area (TPSA) is 3.24 Å². The van der Waals surface area contributed by atoms with Crippen molar-refractivity contribution in [1.29, 1.82) is 0 Å². The van der Waals surface area contributed by atoms with Crippen LogP contribution in [0.1, 0.15) is 67.7 Å². The summed E-state index contributed by atoms with van der Waals surface area (Å²) in [5.74, 6) is 3.11. The van der Waals surface area contributed by atoms with Gasteiger partial charge >= 0.3 is 0 Å². The Labute approximate surface area is 139 Å². The van der Waals surface area contributed by atoms with Gasteiger partial charge in [-0.3, -0.25) is 4.90 Å². The molecule has 0 aromatic rings. The van der Waals surface area contributed by atoms with E-state index in [4.69, 9.17) is 6.42 Å². The lowest BCUT2D eigenvalue weighted by molar-refractivity contribution is 0.0689. The largest absolute Gasteiger partial charge is 0.297 e. The summed E-state index contributed by atoms with van der Waals surface area (Å²) in [6.07, 6.45) is 8.82. The lowest BCUT2D eigenvalue weighted by Crippen LogP contribution is -2.51. The maximum absolute atomic E-state index is 5.67. The van der Waals surface area contributed by atoms with Crippen LogP contribution >= 0.6 is 0 Å². The molecule has 0 fully saturated rings. The monoisotopic (exact) mass is 303 g/mol. The third-order valence-electron chi connectivity index (χ3n) is 5.19. The lowest BCUT2D eigenvalue weighted by atomic mass is 9.82. The molecule has 126 valence electrons. The minimum Gasteiger partial charge on any atom is -0.297 e. The third kappa shape index (κ3) is 6.01. The SMILES string of the molecule is C#CC(C)C(C)(C)N(C)C(CCC(=C)C(C)(C)C)CC(=C)C. The van der Waals surface area contributed by atoms with Crippen LogP contribution in [-0.2, 0) is 0 Å². The van der Waals surface area contributed by atoms with Gasteiger partial charge in [-0.15, -0.1) is 18.9 Å². The van der Waals surface area contributed by atoms with Gasteiger partial charge in [0.1, 0.15) is 0 Å². The van der Waals surface area contributed by atoms with E-state index in [0.29, 0.717) is 6.04 Å². The van der Waals surface area contributed by atoms with Crippen molar-refractivity contribution in [2.75, 3.05) is 7.05 Å². The van der Waals surface area contributed by atoms with Gasteiger partial charge in [-0.05, 0) is 59.4 Å². The smallest absolute Gasteiger partial charge is 0.0350 e. The van der Waals surface area contributed by atoms with Crippen molar-refractivity contribution in [3.63, 3.8) is 0 Å². The molecule has 0 spiro atoms. The Morgan fingerprint density at radius 2 is 1.68 bits per heavy atom. The summed E-state index contributed by atoms with van der Waals surface area (Å²) in [4.78, 5) is 2.45. The standard InChI is InChI=1S/C21H37N/c1-12-17(4)21(9,10)22(11)19(15-16(2)3)14-13-18(5)20(6,7)8/h1,17,19H,2,5,13-15H2,3-4,6-11H3. The van der Waals surface area contributed by atoms with Crippen molar-refractivity contribution in [3.8, 4) is 12.3 Å². The third-order valence-corrected chi connectivity index (χ3v) is 5.19. The Morgan fingerprint density at radius 1 is 1.18 bits per heavy atom. The van der Waals surface area contributed by atoms with Crippen molar-refractivity contribution >= 4 is 0 Å². The number of rotatable bonds is 8. The minimum absolute atomic E-state index is 0.0298. The van der Waals surface area contributed by atoms with Gasteiger partial charge in [0, 0.05) is 17.5 Å². The van der Waals surface area contributed by atoms with Crippen molar-refractivity contribution in [3.05, 3.63) is 24.3 Å². The summed E-state index contributed by atoms with van der Waals surface area (Å²) < 4.78 is 0. The van der Waals surface area contributed by atoms with E-state index in [2.05, 4.69) is 79.5 Å². The highest BCUT2D eigenvalue weighted by molar-refractivity contribution is 5.08. The summed E-state index contributed by atoms with van der Waals surface area (Å²) in [7, 11) is 2.20. The Balaban J connectivity index is 5.10. The molecule has 2 unspecified atom stereocenters. The molecule has 0 amide bonds. The minimum atomic E-state index is -0.0298. The highest BCUT2D eigenvalue weighted by atomic mass is 15.2. The maximum atomic E-state index is 5.67. The Morgan fingerprint density at radius 3 is 2.05 bits per heavy atom. The van der Waals surface area contributed by atoms with Gasteiger partial charge in [0.2, 0.25) is 0 Å². The number of hydrogen-bond donors (Lipinski definition) is 0. The molecule has 0 aromatic carbocycles. The predicted octanol–water partition coefficient (Wildman–Crippen LogP) is 5.68. The van der Waals surface area contributed by atoms with Crippen LogP contribution in [0.4, 0.5) is 0 Å². The Hall–Kier alpha value is -1.00. The fourth-order valence-corrected chi connectivity index (χ4v) is 2.53. The van der Waals surface area contributed by atoms with Crippen molar-refractivity contribution < 1.29 is 0 Å². The zero-order valence-corrected chi connectivity index (χ0v) is 16.2. The van der Waals surface area contributed by atoms with Crippen molar-refractivity contribution in [2.45, 2.75) is 79.3 Å². The fraction of sp³-hybridized carbons (Fsp3) is 0.714. The molecule has 0 N–H and O–H groups in total. The highest BCUT2D eigenvalue weighted by Gasteiger charge is 2.33. The first-order valence-corrected chi connectivity index (χ1v) is 8.35. The van der Waals surface area contributed by atoms with Gasteiger partial charge in [0.25, 0.3) is 0 Å². The maximum Gasteiger partial charge on any atom is 0.0350 e. The van der Waals surface area contributed by atoms with E-state index in [1.54, 1.807) is 0 Å². The molecule has 2 atom stereocenters. The van der Waals surface area contributed by atoms with Gasteiger partial charge in [-0.1, -0.05) is 38.5 Å². The molecule has 0 heterocycles. The van der Waals surface area contributed by atoms with Gasteiger partial charge in [0.15, 0.2) is 0 Å². The van der Waals surface area contributed by atoms with E-state index < -0.39 is 0 Å². The first kappa shape index (κ1) is 21.0. The first-order chi connectivity index (χ1) is 9.83. The molecule has 22 heavy (non-hydrogen) atoms. The van der Waals surface area contributed by atoms with Crippen LogP contribution in [0, 0.1) is 23.7 Å². The van der Waals surface area contributed by atoms with Gasteiger partial charge in [0.05, 0.1) is 0 Å². The van der Waals surface area contributed by atoms with E-state index in [1.165, 1.54) is 11.1 Å². The molecule has 1 heteroatoms. The summed E-state index contributed by atoms with van der Waals surface area (Å²) >= 11 is 0. The average Bonchev–Trinajstić information content (AvgIpc) is 2.39. The first-order valence-electron chi connectivity index (χ1n) is 8.35. The number of terminal acetylenes is 1. The zero-order chi connectivity index (χ0) is 17.7. The van der Waals surface area contributed by atoms with Crippen LogP contribution in [0.2, 0.25) is 0 Å². The Kier molecular flexibility index (Phi) is 7.66. The molecule has 1 nitrogen and oxygen atoms in total. The van der Waals surface area contributed by atoms with Gasteiger partial charge < -0.3 is 0 Å². The van der Waals surface area contributed by atoms with Crippen LogP contribution in [0.15, 0.2) is 24.3 Å². The predicted molar refractivity (Wildman–Crippen MR) is 101 cm³/mol. The molecule has 0 aromatic heterocycles. The van der Waals surface area contributed by atoms with Gasteiger partial charge in [-0.25, -0.2) is 0 Å². The molecule has 0 saturated heterocycles. The normalized spacial score (nSPS) is 15.3. The molecule has 0 saturated carbocycles. The fourth-order valence-electron chi connectivity index (χ4n) is 2.53. The van der Waals surface area contributed by atoms with E-state index in [-0.39, 0.29) is 16.9 Å². The second-order valence-electron chi connectivity index (χ2n) is 8.36. The van der Waals surface area contributed by atoms with E-state index in [0.717, 1.165) is 19.3 Å². The summed E-state index contributed by atoms with van der Waals surface area (Å²) in [6, 6.07) is 0.447. The summed E-state index contributed by atoms with van der Waals surface area (Å²) in [5.41, 5.74) is 2.68. The number of allylic oxidation sites excluding steroid dienone is 1. The van der Waals surface area contributed by atoms with Crippen LogP contribution in [0.5, 0.6) is 0 Å². The van der Waals surface area contributed by atoms with E-state index >= 15 is 0 Å². The zero-order valence-electron chi connectivity index (χ0n) is 16.2. The Bertz CT molecular complexity index is 428. The highest BCUT2D eigenvalue weighted by Crippen LogP contribution is 2.32. The quantitative estimate of drug-likeness (QED) is 0.411. The van der Waals surface area contributed by atoms with Gasteiger partial charge in [-0.2, -0.15) is 0 Å². The van der Waals surface area contributed by atoms with Crippen LogP contribution in [0.25, 0.3) is 0 Å². The van der Waals surface area contributed by atoms with Crippen molar-refractivity contribution in [1.82, 2.24) is 4.90 Å². The molecule has 0 bridgehead atoms. The molecule has 0 aliphatic rings. The van der Waals surface area contributed by atoms with Crippen LogP contribution in [-0.4, -0.2) is 23.5 Å². The molecular formula is C21H37N. The molecule has 0 rings (SSSR count). The van der Waals surface area contributed by atoms with Crippen LogP contribution in [0.3, 0.4) is 0 Å². The van der Waals surface area contributed by atoms with Crippen LogP contribution < -0.4 is 0 Å². The lowest BCUT2D eigenvalue weighted by Gasteiger charge is -2.44. The summed E-state index contributed by atoms with van der Waals surface area (Å²) in [6.45, 7) is 23.8. The second kappa shape index (κ2) is 8.02. The molecular weight excluding hydrogens is 266 g/mol. The van der Waals surface area contributed by atoms with Crippen molar-refractivity contribution in [2.24, 2.45) is 11.3 Å². The molecule has 0 aliphatic carbocycles.